The van der Waals surface area contributed by atoms with Crippen LogP contribution in [0.3, 0.4) is 0 Å². The molecule has 1 N–H and O–H groups in total. The lowest BCUT2D eigenvalue weighted by atomic mass is 9.96. The van der Waals surface area contributed by atoms with Gasteiger partial charge in [0.2, 0.25) is 0 Å². The van der Waals surface area contributed by atoms with Crippen molar-refractivity contribution in [2.75, 3.05) is 13.1 Å². The van der Waals surface area contributed by atoms with Gasteiger partial charge in [0.25, 0.3) is 0 Å². The SMILES string of the molecule is CC(C)N1CCCC(c2nnc3ccc(C(=O)O)cn23)C1. The fourth-order valence-electron chi connectivity index (χ4n) is 3.00. The number of pyridine rings is 1. The van der Waals surface area contributed by atoms with Crippen molar-refractivity contribution in [1.82, 2.24) is 19.5 Å². The maximum atomic E-state index is 11.1. The molecule has 6 heteroatoms. The van der Waals surface area contributed by atoms with E-state index >= 15 is 0 Å². The molecule has 1 aliphatic rings. The minimum absolute atomic E-state index is 0.264. The normalized spacial score (nSPS) is 20.2. The summed E-state index contributed by atoms with van der Waals surface area (Å²) in [6, 6.07) is 3.79. The van der Waals surface area contributed by atoms with Crippen LogP contribution in [0.25, 0.3) is 5.65 Å². The van der Waals surface area contributed by atoms with Gasteiger partial charge in [-0.05, 0) is 45.4 Å². The molecule has 1 atom stereocenters. The Morgan fingerprint density at radius 3 is 2.90 bits per heavy atom. The number of hydrogen-bond acceptors (Lipinski definition) is 4. The summed E-state index contributed by atoms with van der Waals surface area (Å²) in [7, 11) is 0. The Morgan fingerprint density at radius 2 is 2.19 bits per heavy atom. The van der Waals surface area contributed by atoms with Gasteiger partial charge in [-0.3, -0.25) is 4.40 Å². The molecule has 3 rings (SSSR count). The first-order valence-corrected chi connectivity index (χ1v) is 7.38. The number of nitrogens with zero attached hydrogens (tertiary/aromatic N) is 4. The zero-order valence-electron chi connectivity index (χ0n) is 12.4. The third-order valence-electron chi connectivity index (χ3n) is 4.22. The summed E-state index contributed by atoms with van der Waals surface area (Å²) < 4.78 is 1.83. The quantitative estimate of drug-likeness (QED) is 0.935. The molecule has 0 aliphatic carbocycles. The van der Waals surface area contributed by atoms with E-state index in [2.05, 4.69) is 28.9 Å². The largest absolute Gasteiger partial charge is 0.478 e. The Labute approximate surface area is 123 Å². The molecule has 0 bridgehead atoms. The van der Waals surface area contributed by atoms with Crippen LogP contribution in [0, 0.1) is 0 Å². The molecule has 0 amide bonds. The lowest BCUT2D eigenvalue weighted by Crippen LogP contribution is -2.39. The monoisotopic (exact) mass is 288 g/mol. The first kappa shape index (κ1) is 14.0. The Kier molecular flexibility index (Phi) is 3.63. The lowest BCUT2D eigenvalue weighted by Gasteiger charge is -2.34. The Bertz CT molecular complexity index is 665. The lowest BCUT2D eigenvalue weighted by molar-refractivity contribution is 0.0696. The fourth-order valence-corrected chi connectivity index (χ4v) is 3.00. The number of carbonyl (C=O) groups is 1. The molecule has 0 spiro atoms. The first-order chi connectivity index (χ1) is 10.1. The number of fused-ring (bicyclic) bond motifs is 1. The van der Waals surface area contributed by atoms with Crippen LogP contribution in [0.15, 0.2) is 18.3 Å². The molecule has 0 saturated carbocycles. The third-order valence-corrected chi connectivity index (χ3v) is 4.22. The molecule has 3 heterocycles. The highest BCUT2D eigenvalue weighted by molar-refractivity contribution is 5.87. The number of aromatic nitrogens is 3. The highest BCUT2D eigenvalue weighted by atomic mass is 16.4. The summed E-state index contributed by atoms with van der Waals surface area (Å²) >= 11 is 0. The van der Waals surface area contributed by atoms with Crippen LogP contribution in [-0.2, 0) is 0 Å². The van der Waals surface area contributed by atoms with E-state index in [1.165, 1.54) is 0 Å². The van der Waals surface area contributed by atoms with Crippen LogP contribution in [0.2, 0.25) is 0 Å². The van der Waals surface area contributed by atoms with E-state index in [4.69, 9.17) is 5.11 Å². The zero-order valence-corrected chi connectivity index (χ0v) is 12.4. The van der Waals surface area contributed by atoms with Gasteiger partial charge in [-0.15, -0.1) is 10.2 Å². The van der Waals surface area contributed by atoms with Crippen molar-refractivity contribution in [3.63, 3.8) is 0 Å². The Morgan fingerprint density at radius 1 is 1.38 bits per heavy atom. The van der Waals surface area contributed by atoms with Crippen LogP contribution >= 0.6 is 0 Å². The second-order valence-electron chi connectivity index (χ2n) is 5.94. The van der Waals surface area contributed by atoms with E-state index in [1.807, 2.05) is 4.40 Å². The maximum Gasteiger partial charge on any atom is 0.337 e. The van der Waals surface area contributed by atoms with Crippen LogP contribution in [-0.4, -0.2) is 49.7 Å². The van der Waals surface area contributed by atoms with Gasteiger partial charge < -0.3 is 10.0 Å². The molecule has 112 valence electrons. The predicted molar refractivity (Wildman–Crippen MR) is 78.6 cm³/mol. The van der Waals surface area contributed by atoms with Crippen molar-refractivity contribution >= 4 is 11.6 Å². The van der Waals surface area contributed by atoms with Crippen LogP contribution < -0.4 is 0 Å². The summed E-state index contributed by atoms with van der Waals surface area (Å²) in [5, 5.41) is 17.6. The van der Waals surface area contributed by atoms with Crippen molar-refractivity contribution in [3.05, 3.63) is 29.7 Å². The molecule has 2 aromatic rings. The molecule has 1 fully saturated rings. The average molecular weight is 288 g/mol. The van der Waals surface area contributed by atoms with Crippen LogP contribution in [0.1, 0.15) is 48.8 Å². The Balaban J connectivity index is 1.96. The summed E-state index contributed by atoms with van der Waals surface area (Å²) in [6.45, 7) is 6.47. The zero-order chi connectivity index (χ0) is 15.0. The van der Waals surface area contributed by atoms with Gasteiger partial charge in [0.15, 0.2) is 5.65 Å². The van der Waals surface area contributed by atoms with Gasteiger partial charge in [-0.2, -0.15) is 0 Å². The van der Waals surface area contributed by atoms with E-state index in [0.717, 1.165) is 31.8 Å². The van der Waals surface area contributed by atoms with E-state index < -0.39 is 5.97 Å². The smallest absolute Gasteiger partial charge is 0.337 e. The predicted octanol–water partition coefficient (Wildman–Crippen LogP) is 2.02. The van der Waals surface area contributed by atoms with Crippen molar-refractivity contribution in [1.29, 1.82) is 0 Å². The van der Waals surface area contributed by atoms with Crippen molar-refractivity contribution in [2.45, 2.75) is 38.6 Å². The van der Waals surface area contributed by atoms with E-state index in [-0.39, 0.29) is 5.56 Å². The molecular weight excluding hydrogens is 268 g/mol. The maximum absolute atomic E-state index is 11.1. The van der Waals surface area contributed by atoms with E-state index in [9.17, 15) is 4.79 Å². The number of aromatic carboxylic acids is 1. The average Bonchev–Trinajstić information content (AvgIpc) is 2.90. The molecule has 21 heavy (non-hydrogen) atoms. The van der Waals surface area contributed by atoms with Crippen LogP contribution in [0.4, 0.5) is 0 Å². The highest BCUT2D eigenvalue weighted by Crippen LogP contribution is 2.27. The topological polar surface area (TPSA) is 70.7 Å². The fraction of sp³-hybridized carbons (Fsp3) is 0.533. The standard InChI is InChI=1S/C15H20N4O2/c1-10(2)18-7-3-4-11(8-18)14-17-16-13-6-5-12(15(20)21)9-19(13)14/h5-6,9-11H,3-4,7-8H2,1-2H3,(H,20,21). The summed E-state index contributed by atoms with van der Waals surface area (Å²) in [5.74, 6) is 0.252. The first-order valence-electron chi connectivity index (χ1n) is 7.38. The molecule has 0 aromatic carbocycles. The molecule has 6 nitrogen and oxygen atoms in total. The van der Waals surface area contributed by atoms with E-state index in [0.29, 0.717) is 17.6 Å². The number of piperidine rings is 1. The Hall–Kier alpha value is -1.95. The van der Waals surface area contributed by atoms with Crippen molar-refractivity contribution in [3.8, 4) is 0 Å². The number of hydrogen-bond donors (Lipinski definition) is 1. The second kappa shape index (κ2) is 5.44. The highest BCUT2D eigenvalue weighted by Gasteiger charge is 2.26. The molecule has 1 aliphatic heterocycles. The minimum atomic E-state index is -0.927. The number of carboxylic acid groups (broad SMARTS) is 1. The van der Waals surface area contributed by atoms with Crippen molar-refractivity contribution in [2.24, 2.45) is 0 Å². The molecule has 0 radical (unpaired) electrons. The number of likely N-dealkylation sites (tertiary alicyclic amines) is 1. The van der Waals surface area contributed by atoms with Gasteiger partial charge in [0, 0.05) is 24.7 Å². The van der Waals surface area contributed by atoms with Gasteiger partial charge in [-0.1, -0.05) is 0 Å². The second-order valence-corrected chi connectivity index (χ2v) is 5.94. The van der Waals surface area contributed by atoms with Crippen molar-refractivity contribution < 1.29 is 9.90 Å². The van der Waals surface area contributed by atoms with Gasteiger partial charge in [0.05, 0.1) is 5.56 Å². The van der Waals surface area contributed by atoms with Gasteiger partial charge in [0.1, 0.15) is 5.82 Å². The molecular formula is C15H20N4O2. The minimum Gasteiger partial charge on any atom is -0.478 e. The van der Waals surface area contributed by atoms with E-state index in [1.54, 1.807) is 18.3 Å². The third kappa shape index (κ3) is 2.63. The number of rotatable bonds is 3. The summed E-state index contributed by atoms with van der Waals surface area (Å²) in [6.07, 6.45) is 3.83. The molecule has 2 aromatic heterocycles. The summed E-state index contributed by atoms with van der Waals surface area (Å²) in [4.78, 5) is 13.6. The number of carboxylic acids is 1. The molecule has 1 saturated heterocycles. The molecule has 1 unspecified atom stereocenters. The van der Waals surface area contributed by atoms with Gasteiger partial charge in [-0.25, -0.2) is 4.79 Å². The summed E-state index contributed by atoms with van der Waals surface area (Å²) in [5.41, 5.74) is 0.969. The van der Waals surface area contributed by atoms with Crippen LogP contribution in [0.5, 0.6) is 0 Å². The van der Waals surface area contributed by atoms with Gasteiger partial charge >= 0.3 is 5.97 Å².